The molecule has 2 aromatic carbocycles. The van der Waals surface area contributed by atoms with Crippen molar-refractivity contribution in [3.63, 3.8) is 0 Å². The SMILES string of the molecule is CC(=O)c1ccc(-c2ccc(C(C)CNS(=O)(=O)C(C)C)cc2)cc1. The molecule has 1 unspecified atom stereocenters. The van der Waals surface area contributed by atoms with Crippen LogP contribution in [-0.2, 0) is 10.0 Å². The fourth-order valence-electron chi connectivity index (χ4n) is 2.43. The molecule has 2 aromatic rings. The van der Waals surface area contributed by atoms with Gasteiger partial charge in [-0.15, -0.1) is 0 Å². The predicted molar refractivity (Wildman–Crippen MR) is 102 cm³/mol. The lowest BCUT2D eigenvalue weighted by Crippen LogP contribution is -2.33. The van der Waals surface area contributed by atoms with Gasteiger partial charge in [-0.3, -0.25) is 4.79 Å². The van der Waals surface area contributed by atoms with Crippen LogP contribution in [0.5, 0.6) is 0 Å². The Hall–Kier alpha value is -1.98. The van der Waals surface area contributed by atoms with Crippen molar-refractivity contribution in [1.82, 2.24) is 4.72 Å². The summed E-state index contributed by atoms with van der Waals surface area (Å²) in [7, 11) is -3.24. The Morgan fingerprint density at radius 2 is 1.40 bits per heavy atom. The number of rotatable bonds is 7. The van der Waals surface area contributed by atoms with Gasteiger partial charge in [-0.1, -0.05) is 55.5 Å². The Labute approximate surface area is 150 Å². The highest BCUT2D eigenvalue weighted by Crippen LogP contribution is 2.23. The number of Topliss-reactive ketones (excluding diaryl/α,β-unsaturated/α-hetero) is 1. The molecule has 0 heterocycles. The van der Waals surface area contributed by atoms with Gasteiger partial charge in [-0.05, 0) is 43.4 Å². The maximum Gasteiger partial charge on any atom is 0.213 e. The van der Waals surface area contributed by atoms with E-state index >= 15 is 0 Å². The Morgan fingerprint density at radius 1 is 0.920 bits per heavy atom. The van der Waals surface area contributed by atoms with Gasteiger partial charge in [0.2, 0.25) is 10.0 Å². The largest absolute Gasteiger partial charge is 0.295 e. The van der Waals surface area contributed by atoms with Gasteiger partial charge in [0.15, 0.2) is 5.78 Å². The molecule has 0 aliphatic carbocycles. The summed E-state index contributed by atoms with van der Waals surface area (Å²) >= 11 is 0. The highest BCUT2D eigenvalue weighted by molar-refractivity contribution is 7.90. The van der Waals surface area contributed by atoms with Gasteiger partial charge in [0.25, 0.3) is 0 Å². The van der Waals surface area contributed by atoms with Crippen molar-refractivity contribution >= 4 is 15.8 Å². The second kappa shape index (κ2) is 7.93. The zero-order valence-corrected chi connectivity index (χ0v) is 15.9. The molecule has 0 amide bonds. The number of carbonyl (C=O) groups is 1. The molecular formula is C20H25NO3S. The summed E-state index contributed by atoms with van der Waals surface area (Å²) in [6.07, 6.45) is 0. The number of hydrogen-bond donors (Lipinski definition) is 1. The zero-order valence-electron chi connectivity index (χ0n) is 15.1. The summed E-state index contributed by atoms with van der Waals surface area (Å²) in [6.45, 7) is 7.27. The number of nitrogens with one attached hydrogen (secondary N) is 1. The van der Waals surface area contributed by atoms with Crippen molar-refractivity contribution in [1.29, 1.82) is 0 Å². The smallest absolute Gasteiger partial charge is 0.213 e. The standard InChI is InChI=1S/C20H25NO3S/c1-14(2)25(23,24)21-13-15(3)17-5-9-19(10-6-17)20-11-7-18(8-12-20)16(4)22/h5-12,14-15,21H,13H2,1-4H3. The van der Waals surface area contributed by atoms with Gasteiger partial charge in [-0.2, -0.15) is 0 Å². The van der Waals surface area contributed by atoms with E-state index in [0.717, 1.165) is 16.7 Å². The van der Waals surface area contributed by atoms with Crippen molar-refractivity contribution in [2.75, 3.05) is 6.54 Å². The number of ketones is 1. The molecule has 0 radical (unpaired) electrons. The van der Waals surface area contributed by atoms with Gasteiger partial charge >= 0.3 is 0 Å². The molecule has 1 N–H and O–H groups in total. The molecule has 2 rings (SSSR count). The lowest BCUT2D eigenvalue weighted by atomic mass is 9.97. The summed E-state index contributed by atoms with van der Waals surface area (Å²) < 4.78 is 26.4. The molecule has 0 bridgehead atoms. The fourth-order valence-corrected chi connectivity index (χ4v) is 3.24. The van der Waals surface area contributed by atoms with Crippen LogP contribution in [0.2, 0.25) is 0 Å². The molecule has 4 nitrogen and oxygen atoms in total. The molecule has 25 heavy (non-hydrogen) atoms. The first-order chi connectivity index (χ1) is 11.7. The van der Waals surface area contributed by atoms with Gasteiger partial charge in [0.1, 0.15) is 0 Å². The van der Waals surface area contributed by atoms with Crippen LogP contribution in [0.25, 0.3) is 11.1 Å². The van der Waals surface area contributed by atoms with E-state index in [0.29, 0.717) is 12.1 Å². The fraction of sp³-hybridized carbons (Fsp3) is 0.350. The number of benzene rings is 2. The lowest BCUT2D eigenvalue weighted by molar-refractivity contribution is 0.101. The molecule has 1 atom stereocenters. The molecule has 0 fully saturated rings. The van der Waals surface area contributed by atoms with Gasteiger partial charge < -0.3 is 0 Å². The minimum atomic E-state index is -3.24. The van der Waals surface area contributed by atoms with E-state index in [9.17, 15) is 13.2 Å². The summed E-state index contributed by atoms with van der Waals surface area (Å²) in [5.41, 5.74) is 3.89. The van der Waals surface area contributed by atoms with Crippen LogP contribution >= 0.6 is 0 Å². The molecule has 5 heteroatoms. The first kappa shape index (κ1) is 19.3. The van der Waals surface area contributed by atoms with Crippen LogP contribution in [0.1, 0.15) is 49.5 Å². The van der Waals surface area contributed by atoms with Crippen LogP contribution in [0, 0.1) is 0 Å². The highest BCUT2D eigenvalue weighted by Gasteiger charge is 2.17. The van der Waals surface area contributed by atoms with Gasteiger partial charge in [-0.25, -0.2) is 13.1 Å². The van der Waals surface area contributed by atoms with Crippen LogP contribution in [0.4, 0.5) is 0 Å². The average Bonchev–Trinajstić information content (AvgIpc) is 2.60. The second-order valence-corrected chi connectivity index (χ2v) is 8.92. The normalized spacial score (nSPS) is 13.0. The maximum atomic E-state index is 11.8. The molecule has 0 saturated carbocycles. The van der Waals surface area contributed by atoms with Gasteiger partial charge in [0, 0.05) is 12.1 Å². The van der Waals surface area contributed by atoms with E-state index in [-0.39, 0.29) is 11.7 Å². The molecule has 0 aliphatic rings. The maximum absolute atomic E-state index is 11.8. The third kappa shape index (κ3) is 5.00. The third-order valence-corrected chi connectivity index (χ3v) is 6.13. The molecular weight excluding hydrogens is 334 g/mol. The van der Waals surface area contributed by atoms with Gasteiger partial charge in [0.05, 0.1) is 5.25 Å². The van der Waals surface area contributed by atoms with Crippen molar-refractivity contribution in [2.24, 2.45) is 0 Å². The molecule has 0 aromatic heterocycles. The number of sulfonamides is 1. The van der Waals surface area contributed by atoms with Crippen LogP contribution in [0.15, 0.2) is 48.5 Å². The molecule has 0 spiro atoms. The van der Waals surface area contributed by atoms with E-state index in [1.165, 1.54) is 0 Å². The zero-order chi connectivity index (χ0) is 18.6. The number of carbonyl (C=O) groups excluding carboxylic acids is 1. The second-order valence-electron chi connectivity index (χ2n) is 6.60. The van der Waals surface area contributed by atoms with Crippen LogP contribution in [0.3, 0.4) is 0 Å². The Balaban J connectivity index is 2.07. The molecule has 0 aliphatic heterocycles. The summed E-state index contributed by atoms with van der Waals surface area (Å²) in [4.78, 5) is 11.3. The average molecular weight is 359 g/mol. The Kier molecular flexibility index (Phi) is 6.14. The van der Waals surface area contributed by atoms with Crippen molar-refractivity contribution in [2.45, 2.75) is 38.9 Å². The summed E-state index contributed by atoms with van der Waals surface area (Å²) in [6, 6.07) is 15.6. The Bertz CT molecular complexity index is 822. The predicted octanol–water partition coefficient (Wildman–Crippen LogP) is 3.99. The van der Waals surface area contributed by atoms with Crippen molar-refractivity contribution < 1.29 is 13.2 Å². The summed E-state index contributed by atoms with van der Waals surface area (Å²) in [5.74, 6) is 0.141. The van der Waals surface area contributed by atoms with E-state index in [1.54, 1.807) is 20.8 Å². The van der Waals surface area contributed by atoms with Crippen LogP contribution in [-0.4, -0.2) is 26.0 Å². The first-order valence-electron chi connectivity index (χ1n) is 8.40. The van der Waals surface area contributed by atoms with E-state index in [4.69, 9.17) is 0 Å². The van der Waals surface area contributed by atoms with Crippen molar-refractivity contribution in [3.05, 3.63) is 59.7 Å². The third-order valence-electron chi connectivity index (χ3n) is 4.32. The molecule has 0 saturated heterocycles. The molecule has 134 valence electrons. The minimum Gasteiger partial charge on any atom is -0.295 e. The van der Waals surface area contributed by atoms with E-state index < -0.39 is 15.3 Å². The lowest BCUT2D eigenvalue weighted by Gasteiger charge is -2.15. The van der Waals surface area contributed by atoms with Crippen LogP contribution < -0.4 is 4.72 Å². The minimum absolute atomic E-state index is 0.0552. The highest BCUT2D eigenvalue weighted by atomic mass is 32.2. The first-order valence-corrected chi connectivity index (χ1v) is 9.95. The Morgan fingerprint density at radius 3 is 1.84 bits per heavy atom. The monoisotopic (exact) mass is 359 g/mol. The quantitative estimate of drug-likeness (QED) is 0.760. The van der Waals surface area contributed by atoms with E-state index in [1.807, 2.05) is 55.5 Å². The number of hydrogen-bond acceptors (Lipinski definition) is 3. The van der Waals surface area contributed by atoms with E-state index in [2.05, 4.69) is 4.72 Å². The van der Waals surface area contributed by atoms with Crippen molar-refractivity contribution in [3.8, 4) is 11.1 Å². The summed E-state index contributed by atoms with van der Waals surface area (Å²) in [5, 5.41) is -0.431. The topological polar surface area (TPSA) is 63.2 Å².